The van der Waals surface area contributed by atoms with Gasteiger partial charge >= 0.3 is 0 Å². The summed E-state index contributed by atoms with van der Waals surface area (Å²) in [6, 6.07) is 0. The van der Waals surface area contributed by atoms with Gasteiger partial charge < -0.3 is 0 Å². The molecule has 9 heavy (non-hydrogen) atoms. The smallest absolute Gasteiger partial charge is 0.163 e. The van der Waals surface area contributed by atoms with E-state index in [1.165, 1.54) is 5.57 Å². The third kappa shape index (κ3) is 5.08. The lowest BCUT2D eigenvalue weighted by Gasteiger charge is -1.85. The Hall–Kier alpha value is -0.785. The Morgan fingerprint density at radius 3 is 2.33 bits per heavy atom. The Morgan fingerprint density at radius 1 is 1.44 bits per heavy atom. The van der Waals surface area contributed by atoms with Gasteiger partial charge in [-0.3, -0.25) is 4.99 Å². The summed E-state index contributed by atoms with van der Waals surface area (Å²) < 4.78 is 0. The molecule has 0 spiro atoms. The van der Waals surface area contributed by atoms with Crippen molar-refractivity contribution < 1.29 is 0 Å². The van der Waals surface area contributed by atoms with Gasteiger partial charge in [-0.05, 0) is 26.2 Å². The SMILES string of the molecule is B/C(=C/C=C(C)C)N=C. The molecular formula is C7H12BN. The average Bonchev–Trinajstić information content (AvgIpc) is 1.83. The molecule has 0 heterocycles. The van der Waals surface area contributed by atoms with Gasteiger partial charge in [0.15, 0.2) is 7.85 Å². The van der Waals surface area contributed by atoms with Crippen molar-refractivity contribution in [3.05, 3.63) is 23.3 Å². The molecule has 0 saturated carbocycles. The summed E-state index contributed by atoms with van der Waals surface area (Å²) in [5.74, 6) is 0. The lowest BCUT2D eigenvalue weighted by molar-refractivity contribution is 1.38. The number of allylic oxidation sites excluding steroid dienone is 3. The molecule has 0 bridgehead atoms. The fourth-order valence-electron chi connectivity index (χ4n) is 0.340. The van der Waals surface area contributed by atoms with Crippen LogP contribution in [0, 0.1) is 0 Å². The van der Waals surface area contributed by atoms with Crippen LogP contribution in [0.15, 0.2) is 28.3 Å². The van der Waals surface area contributed by atoms with Gasteiger partial charge in [-0.15, -0.1) is 0 Å². The van der Waals surface area contributed by atoms with E-state index < -0.39 is 0 Å². The summed E-state index contributed by atoms with van der Waals surface area (Å²) >= 11 is 0. The highest BCUT2D eigenvalue weighted by Crippen LogP contribution is 1.93. The standard InChI is InChI=1S/C7H12BN/c1-6(2)4-5-7(8)9-3/h4-5H,3,8H2,1-2H3/b7-5-. The van der Waals surface area contributed by atoms with E-state index in [9.17, 15) is 0 Å². The lowest BCUT2D eigenvalue weighted by Crippen LogP contribution is -1.71. The van der Waals surface area contributed by atoms with Gasteiger partial charge in [0.25, 0.3) is 0 Å². The van der Waals surface area contributed by atoms with Crippen molar-refractivity contribution in [3.63, 3.8) is 0 Å². The van der Waals surface area contributed by atoms with E-state index in [0.29, 0.717) is 0 Å². The van der Waals surface area contributed by atoms with Crippen molar-refractivity contribution in [2.75, 3.05) is 0 Å². The molecule has 0 aromatic carbocycles. The summed E-state index contributed by atoms with van der Waals surface area (Å²) in [4.78, 5) is 3.73. The van der Waals surface area contributed by atoms with Crippen LogP contribution in [-0.4, -0.2) is 14.6 Å². The second-order valence-corrected chi connectivity index (χ2v) is 2.21. The highest BCUT2D eigenvalue weighted by atomic mass is 14.7. The molecule has 0 aliphatic heterocycles. The van der Waals surface area contributed by atoms with E-state index in [2.05, 4.69) is 11.7 Å². The van der Waals surface area contributed by atoms with Crippen LogP contribution in [-0.2, 0) is 0 Å². The van der Waals surface area contributed by atoms with Crippen molar-refractivity contribution in [1.29, 1.82) is 0 Å². The maximum absolute atomic E-state index is 3.73. The molecular weight excluding hydrogens is 109 g/mol. The number of rotatable bonds is 2. The van der Waals surface area contributed by atoms with Gasteiger partial charge in [0.05, 0.1) is 0 Å². The number of hydrogen-bond acceptors (Lipinski definition) is 1. The Morgan fingerprint density at radius 2 is 2.00 bits per heavy atom. The average molecular weight is 121 g/mol. The summed E-state index contributed by atoms with van der Waals surface area (Å²) in [7, 11) is 1.92. The van der Waals surface area contributed by atoms with Crippen LogP contribution in [0.5, 0.6) is 0 Å². The summed E-state index contributed by atoms with van der Waals surface area (Å²) in [6.07, 6.45) is 3.96. The first-order chi connectivity index (χ1) is 4.16. The molecule has 0 unspecified atom stereocenters. The van der Waals surface area contributed by atoms with E-state index in [0.717, 1.165) is 5.60 Å². The molecule has 0 rings (SSSR count). The minimum Gasteiger partial charge on any atom is -0.280 e. The maximum Gasteiger partial charge on any atom is 0.163 e. The second kappa shape index (κ2) is 4.13. The van der Waals surface area contributed by atoms with E-state index in [1.807, 2.05) is 33.8 Å². The van der Waals surface area contributed by atoms with Crippen LogP contribution in [0.2, 0.25) is 0 Å². The zero-order valence-corrected chi connectivity index (χ0v) is 6.31. The molecule has 2 heteroatoms. The van der Waals surface area contributed by atoms with Crippen LogP contribution in [0.4, 0.5) is 0 Å². The number of aliphatic imine (C=N–C) groups is 1. The first kappa shape index (κ1) is 8.21. The minimum absolute atomic E-state index is 0.955. The Labute approximate surface area is 57.6 Å². The molecule has 1 nitrogen and oxygen atoms in total. The van der Waals surface area contributed by atoms with E-state index >= 15 is 0 Å². The third-order valence-electron chi connectivity index (χ3n) is 0.907. The predicted octanol–water partition coefficient (Wildman–Crippen LogP) is 1.13. The van der Waals surface area contributed by atoms with Crippen LogP contribution in [0.25, 0.3) is 0 Å². The largest absolute Gasteiger partial charge is 0.280 e. The molecule has 0 fully saturated rings. The fraction of sp³-hybridized carbons (Fsp3) is 0.286. The monoisotopic (exact) mass is 121 g/mol. The molecule has 0 aliphatic rings. The van der Waals surface area contributed by atoms with Crippen molar-refractivity contribution in [1.82, 2.24) is 0 Å². The highest BCUT2D eigenvalue weighted by Gasteiger charge is 1.76. The lowest BCUT2D eigenvalue weighted by atomic mass is 10.0. The molecule has 0 saturated heterocycles. The van der Waals surface area contributed by atoms with Crippen molar-refractivity contribution in [2.24, 2.45) is 4.99 Å². The Balaban J connectivity index is 3.98. The molecule has 0 amide bonds. The molecule has 0 N–H and O–H groups in total. The van der Waals surface area contributed by atoms with Gasteiger partial charge in [-0.25, -0.2) is 0 Å². The Bertz CT molecular complexity index is 152. The van der Waals surface area contributed by atoms with Crippen molar-refractivity contribution >= 4 is 14.6 Å². The molecule has 0 radical (unpaired) electrons. The van der Waals surface area contributed by atoms with Gasteiger partial charge in [-0.2, -0.15) is 0 Å². The molecule has 0 aliphatic carbocycles. The van der Waals surface area contributed by atoms with Gasteiger partial charge in [0.2, 0.25) is 0 Å². The van der Waals surface area contributed by atoms with Crippen molar-refractivity contribution in [2.45, 2.75) is 13.8 Å². The Kier molecular flexibility index (Phi) is 3.77. The quantitative estimate of drug-likeness (QED) is 0.295. The second-order valence-electron chi connectivity index (χ2n) is 2.21. The number of hydrogen-bond donors (Lipinski definition) is 0. The van der Waals surface area contributed by atoms with E-state index in [1.54, 1.807) is 0 Å². The molecule has 0 atom stereocenters. The molecule has 48 valence electrons. The van der Waals surface area contributed by atoms with Crippen molar-refractivity contribution in [3.8, 4) is 0 Å². The summed E-state index contributed by atoms with van der Waals surface area (Å²) in [5, 5.41) is 0. The first-order valence-electron chi connectivity index (χ1n) is 2.95. The molecule has 0 aromatic heterocycles. The van der Waals surface area contributed by atoms with Crippen LogP contribution < -0.4 is 0 Å². The van der Waals surface area contributed by atoms with Gasteiger partial charge in [0, 0.05) is 0 Å². The van der Waals surface area contributed by atoms with E-state index in [4.69, 9.17) is 0 Å². The first-order valence-corrected chi connectivity index (χ1v) is 2.95. The predicted molar refractivity (Wildman–Crippen MR) is 45.6 cm³/mol. The van der Waals surface area contributed by atoms with Gasteiger partial charge in [0.1, 0.15) is 0 Å². The molecule has 0 aromatic rings. The minimum atomic E-state index is 0.955. The topological polar surface area (TPSA) is 12.4 Å². The van der Waals surface area contributed by atoms with Crippen LogP contribution in [0.3, 0.4) is 0 Å². The van der Waals surface area contributed by atoms with Crippen LogP contribution in [0.1, 0.15) is 13.8 Å². The highest BCUT2D eigenvalue weighted by molar-refractivity contribution is 6.21. The summed E-state index contributed by atoms with van der Waals surface area (Å²) in [5.41, 5.74) is 2.23. The third-order valence-corrected chi connectivity index (χ3v) is 0.907. The summed E-state index contributed by atoms with van der Waals surface area (Å²) in [6.45, 7) is 7.49. The maximum atomic E-state index is 3.73. The van der Waals surface area contributed by atoms with Gasteiger partial charge in [-0.1, -0.05) is 17.7 Å². The number of nitrogens with zero attached hydrogens (tertiary/aromatic N) is 1. The zero-order valence-electron chi connectivity index (χ0n) is 6.31. The fourth-order valence-corrected chi connectivity index (χ4v) is 0.340. The van der Waals surface area contributed by atoms with E-state index in [-0.39, 0.29) is 0 Å². The van der Waals surface area contributed by atoms with Crippen LogP contribution >= 0.6 is 0 Å². The normalized spacial score (nSPS) is 10.7. The zero-order chi connectivity index (χ0) is 7.28.